The van der Waals surface area contributed by atoms with Crippen molar-refractivity contribution < 1.29 is 4.79 Å². The monoisotopic (exact) mass is 251 g/mol. The van der Waals surface area contributed by atoms with Crippen LogP contribution in [0.5, 0.6) is 0 Å². The van der Waals surface area contributed by atoms with Crippen molar-refractivity contribution in [2.75, 3.05) is 5.32 Å². The highest BCUT2D eigenvalue weighted by Crippen LogP contribution is 2.20. The second kappa shape index (κ2) is 4.57. The van der Waals surface area contributed by atoms with Crippen LogP contribution in [0.25, 0.3) is 10.9 Å². The molecular formula is C15H13N3O. The number of pyridine rings is 1. The Balaban J connectivity index is 1.87. The van der Waals surface area contributed by atoms with E-state index in [9.17, 15) is 4.79 Å². The van der Waals surface area contributed by atoms with Crippen LogP contribution in [0.1, 0.15) is 16.1 Å². The predicted octanol–water partition coefficient (Wildman–Crippen LogP) is 3.12. The van der Waals surface area contributed by atoms with E-state index in [1.54, 1.807) is 24.5 Å². The van der Waals surface area contributed by atoms with Gasteiger partial charge in [-0.3, -0.25) is 9.78 Å². The minimum absolute atomic E-state index is 0.131. The predicted molar refractivity (Wildman–Crippen MR) is 75.2 cm³/mol. The lowest BCUT2D eigenvalue weighted by atomic mass is 10.2. The van der Waals surface area contributed by atoms with Crippen molar-refractivity contribution in [3.8, 4) is 0 Å². The number of hydrogen-bond acceptors (Lipinski definition) is 2. The second-order valence-electron chi connectivity index (χ2n) is 4.44. The summed E-state index contributed by atoms with van der Waals surface area (Å²) in [5, 5.41) is 3.97. The van der Waals surface area contributed by atoms with Crippen LogP contribution in [-0.4, -0.2) is 15.9 Å². The Morgan fingerprint density at radius 2 is 1.95 bits per heavy atom. The summed E-state index contributed by atoms with van der Waals surface area (Å²) >= 11 is 0. The summed E-state index contributed by atoms with van der Waals surface area (Å²) < 4.78 is 0. The van der Waals surface area contributed by atoms with Crippen molar-refractivity contribution in [1.29, 1.82) is 0 Å². The highest BCUT2D eigenvalue weighted by atomic mass is 16.1. The molecule has 0 aliphatic carbocycles. The molecule has 2 N–H and O–H groups in total. The van der Waals surface area contributed by atoms with Gasteiger partial charge in [-0.1, -0.05) is 0 Å². The highest BCUT2D eigenvalue weighted by molar-refractivity contribution is 6.05. The number of H-pyrrole nitrogens is 1. The third kappa shape index (κ3) is 2.33. The van der Waals surface area contributed by atoms with Crippen molar-refractivity contribution in [3.05, 3.63) is 60.0 Å². The van der Waals surface area contributed by atoms with Gasteiger partial charge in [0.1, 0.15) is 0 Å². The van der Waals surface area contributed by atoms with E-state index in [2.05, 4.69) is 21.4 Å². The van der Waals surface area contributed by atoms with Crippen LogP contribution in [0.3, 0.4) is 0 Å². The van der Waals surface area contributed by atoms with Crippen LogP contribution >= 0.6 is 0 Å². The number of nitrogens with zero attached hydrogens (tertiary/aromatic N) is 1. The van der Waals surface area contributed by atoms with Gasteiger partial charge >= 0.3 is 0 Å². The highest BCUT2D eigenvalue weighted by Gasteiger charge is 2.06. The van der Waals surface area contributed by atoms with Gasteiger partial charge in [0.05, 0.1) is 0 Å². The summed E-state index contributed by atoms with van der Waals surface area (Å²) in [6.07, 6.45) is 3.21. The lowest BCUT2D eigenvalue weighted by Crippen LogP contribution is -2.11. The van der Waals surface area contributed by atoms with E-state index in [0.29, 0.717) is 5.56 Å². The van der Waals surface area contributed by atoms with E-state index >= 15 is 0 Å². The number of hydrogen-bond donors (Lipinski definition) is 2. The zero-order chi connectivity index (χ0) is 13.2. The van der Waals surface area contributed by atoms with Gasteiger partial charge in [0.25, 0.3) is 5.91 Å². The Kier molecular flexibility index (Phi) is 2.76. The quantitative estimate of drug-likeness (QED) is 0.735. The van der Waals surface area contributed by atoms with Gasteiger partial charge in [0.15, 0.2) is 0 Å². The molecule has 0 aliphatic heterocycles. The maximum atomic E-state index is 12.0. The molecule has 1 amide bonds. The molecule has 0 spiro atoms. The summed E-state index contributed by atoms with van der Waals surface area (Å²) in [4.78, 5) is 19.2. The first-order valence-corrected chi connectivity index (χ1v) is 6.03. The average molecular weight is 251 g/mol. The molecule has 4 heteroatoms. The molecule has 2 aromatic heterocycles. The molecule has 4 nitrogen and oxygen atoms in total. The second-order valence-corrected chi connectivity index (χ2v) is 4.44. The zero-order valence-corrected chi connectivity index (χ0v) is 10.5. The SMILES string of the molecule is Cc1cc2cc(NC(=O)c3ccncc3)ccc2[nH]1. The van der Waals surface area contributed by atoms with Gasteiger partial charge in [0.2, 0.25) is 0 Å². The van der Waals surface area contributed by atoms with Crippen LogP contribution in [0.4, 0.5) is 5.69 Å². The minimum atomic E-state index is -0.131. The average Bonchev–Trinajstić information content (AvgIpc) is 2.79. The van der Waals surface area contributed by atoms with E-state index in [1.807, 2.05) is 25.1 Å². The minimum Gasteiger partial charge on any atom is -0.359 e. The molecule has 0 saturated heterocycles. The van der Waals surface area contributed by atoms with Crippen LogP contribution in [-0.2, 0) is 0 Å². The number of fused-ring (bicyclic) bond motifs is 1. The summed E-state index contributed by atoms with van der Waals surface area (Å²) in [6, 6.07) is 11.2. The normalized spacial score (nSPS) is 10.6. The molecule has 0 fully saturated rings. The first-order chi connectivity index (χ1) is 9.22. The van der Waals surface area contributed by atoms with Crippen molar-refractivity contribution in [3.63, 3.8) is 0 Å². The van der Waals surface area contributed by atoms with E-state index in [1.165, 1.54) is 0 Å². The summed E-state index contributed by atoms with van der Waals surface area (Å²) in [5.41, 5.74) is 3.56. The molecule has 0 radical (unpaired) electrons. The van der Waals surface area contributed by atoms with Crippen LogP contribution in [0.2, 0.25) is 0 Å². The lowest BCUT2D eigenvalue weighted by Gasteiger charge is -2.05. The Morgan fingerprint density at radius 3 is 2.74 bits per heavy atom. The van der Waals surface area contributed by atoms with Crippen LogP contribution in [0.15, 0.2) is 48.8 Å². The molecule has 0 bridgehead atoms. The van der Waals surface area contributed by atoms with E-state index in [0.717, 1.165) is 22.3 Å². The Hall–Kier alpha value is -2.62. The summed E-state index contributed by atoms with van der Waals surface area (Å²) in [5.74, 6) is -0.131. The zero-order valence-electron chi connectivity index (χ0n) is 10.5. The first-order valence-electron chi connectivity index (χ1n) is 6.03. The smallest absolute Gasteiger partial charge is 0.255 e. The fourth-order valence-electron chi connectivity index (χ4n) is 2.06. The van der Waals surface area contributed by atoms with E-state index in [-0.39, 0.29) is 5.91 Å². The van der Waals surface area contributed by atoms with Gasteiger partial charge in [-0.2, -0.15) is 0 Å². The summed E-state index contributed by atoms with van der Waals surface area (Å²) in [7, 11) is 0. The largest absolute Gasteiger partial charge is 0.359 e. The number of amides is 1. The van der Waals surface area contributed by atoms with Crippen molar-refractivity contribution in [1.82, 2.24) is 9.97 Å². The standard InChI is InChI=1S/C15H13N3O/c1-10-8-12-9-13(2-3-14(12)17-10)18-15(19)11-4-6-16-7-5-11/h2-9,17H,1H3,(H,18,19). The molecule has 19 heavy (non-hydrogen) atoms. The molecule has 94 valence electrons. The molecule has 0 saturated carbocycles. The maximum Gasteiger partial charge on any atom is 0.255 e. The number of carbonyl (C=O) groups is 1. The molecule has 1 aromatic carbocycles. The molecule has 0 unspecified atom stereocenters. The van der Waals surface area contributed by atoms with Gasteiger partial charge in [-0.15, -0.1) is 0 Å². The van der Waals surface area contributed by atoms with Crippen molar-refractivity contribution in [2.45, 2.75) is 6.92 Å². The number of anilines is 1. The number of aryl methyl sites for hydroxylation is 1. The van der Waals surface area contributed by atoms with E-state index in [4.69, 9.17) is 0 Å². The van der Waals surface area contributed by atoms with Gasteiger partial charge in [0, 0.05) is 40.2 Å². The van der Waals surface area contributed by atoms with Gasteiger partial charge < -0.3 is 10.3 Å². The Bertz CT molecular complexity index is 731. The molecule has 3 aromatic rings. The number of aromatic amines is 1. The third-order valence-corrected chi connectivity index (χ3v) is 2.96. The first kappa shape index (κ1) is 11.5. The number of aromatic nitrogens is 2. The number of nitrogens with one attached hydrogen (secondary N) is 2. The topological polar surface area (TPSA) is 57.8 Å². The molecule has 0 aliphatic rings. The Labute approximate surface area is 110 Å². The fourth-order valence-corrected chi connectivity index (χ4v) is 2.06. The van der Waals surface area contributed by atoms with Crippen molar-refractivity contribution in [2.24, 2.45) is 0 Å². The molecule has 0 atom stereocenters. The number of benzene rings is 1. The fraction of sp³-hybridized carbons (Fsp3) is 0.0667. The Morgan fingerprint density at radius 1 is 1.16 bits per heavy atom. The lowest BCUT2D eigenvalue weighted by molar-refractivity contribution is 0.102. The van der Waals surface area contributed by atoms with E-state index < -0.39 is 0 Å². The van der Waals surface area contributed by atoms with Crippen LogP contribution in [0, 0.1) is 6.92 Å². The van der Waals surface area contributed by atoms with Gasteiger partial charge in [-0.25, -0.2) is 0 Å². The molecule has 2 heterocycles. The van der Waals surface area contributed by atoms with Gasteiger partial charge in [-0.05, 0) is 43.3 Å². The summed E-state index contributed by atoms with van der Waals surface area (Å²) in [6.45, 7) is 2.01. The number of rotatable bonds is 2. The molecule has 3 rings (SSSR count). The van der Waals surface area contributed by atoms with Crippen LogP contribution < -0.4 is 5.32 Å². The number of carbonyl (C=O) groups excluding carboxylic acids is 1. The van der Waals surface area contributed by atoms with Crippen molar-refractivity contribution >= 4 is 22.5 Å². The molecular weight excluding hydrogens is 238 g/mol. The third-order valence-electron chi connectivity index (χ3n) is 2.96. The maximum absolute atomic E-state index is 12.0.